The molecule has 4 rings (SSSR count). The van der Waals surface area contributed by atoms with Crippen LogP contribution in [-0.4, -0.2) is 53.2 Å². The normalized spacial score (nSPS) is 15.1. The van der Waals surface area contributed by atoms with E-state index in [1.807, 2.05) is 0 Å². The fraction of sp³-hybridized carbons (Fsp3) is 0.375. The van der Waals surface area contributed by atoms with Gasteiger partial charge in [0.2, 0.25) is 5.91 Å². The maximum absolute atomic E-state index is 13.5. The lowest BCUT2D eigenvalue weighted by atomic mass is 10.2. The molecule has 2 heterocycles. The van der Waals surface area contributed by atoms with Crippen LogP contribution in [0.4, 0.5) is 0 Å². The Morgan fingerprint density at radius 3 is 2.44 bits per heavy atom. The Hall–Kier alpha value is -3.39. The van der Waals surface area contributed by atoms with Gasteiger partial charge in [0.25, 0.3) is 5.56 Å². The van der Waals surface area contributed by atoms with E-state index in [2.05, 4.69) is 10.2 Å². The second-order valence-electron chi connectivity index (χ2n) is 8.02. The van der Waals surface area contributed by atoms with Crippen LogP contribution in [0.15, 0.2) is 58.1 Å². The zero-order valence-corrected chi connectivity index (χ0v) is 18.4. The van der Waals surface area contributed by atoms with Crippen molar-refractivity contribution in [2.75, 3.05) is 33.3 Å². The second-order valence-corrected chi connectivity index (χ2v) is 8.02. The molecule has 1 aromatic heterocycles. The smallest absolute Gasteiger partial charge is 0.336 e. The number of amides is 1. The van der Waals surface area contributed by atoms with Crippen molar-refractivity contribution in [2.24, 2.45) is 0 Å². The molecule has 1 saturated heterocycles. The van der Waals surface area contributed by atoms with E-state index in [0.717, 1.165) is 24.2 Å². The highest BCUT2D eigenvalue weighted by molar-refractivity contribution is 5.84. The van der Waals surface area contributed by atoms with Crippen LogP contribution in [0.2, 0.25) is 0 Å². The first-order valence-electron chi connectivity index (χ1n) is 10.9. The third-order valence-corrected chi connectivity index (χ3v) is 6.02. The molecule has 2 aromatic carbocycles. The van der Waals surface area contributed by atoms with Crippen molar-refractivity contribution < 1.29 is 9.53 Å². The minimum atomic E-state index is -0.781. The summed E-state index contributed by atoms with van der Waals surface area (Å²) >= 11 is 0. The van der Waals surface area contributed by atoms with Gasteiger partial charge < -0.3 is 15.0 Å². The Labute approximate surface area is 186 Å². The van der Waals surface area contributed by atoms with Crippen molar-refractivity contribution >= 4 is 16.8 Å². The molecule has 0 saturated carbocycles. The maximum atomic E-state index is 13.5. The highest BCUT2D eigenvalue weighted by Crippen LogP contribution is 2.17. The van der Waals surface area contributed by atoms with Gasteiger partial charge in [0.05, 0.1) is 23.7 Å². The molecule has 0 spiro atoms. The summed E-state index contributed by atoms with van der Waals surface area (Å²) in [6.45, 7) is 5.11. The molecule has 1 amide bonds. The summed E-state index contributed by atoms with van der Waals surface area (Å²) in [7, 11) is 1.55. The Balaban J connectivity index is 1.71. The fourth-order valence-electron chi connectivity index (χ4n) is 4.22. The monoisotopic (exact) mass is 436 g/mol. The topological polar surface area (TPSA) is 85.6 Å². The predicted molar refractivity (Wildman–Crippen MR) is 124 cm³/mol. The van der Waals surface area contributed by atoms with Crippen LogP contribution in [-0.2, 0) is 4.79 Å². The lowest BCUT2D eigenvalue weighted by Gasteiger charge is -2.20. The number of hydrogen-bond donors (Lipinski definition) is 1. The van der Waals surface area contributed by atoms with Gasteiger partial charge in [-0.25, -0.2) is 9.36 Å². The third kappa shape index (κ3) is 4.18. The number of methoxy groups -OCH3 is 1. The SMILES string of the molecule is COc1ccc(-n2c(=O)c3ccccc3n(C(C)C(=O)NCCN3CCCC3)c2=O)cc1. The largest absolute Gasteiger partial charge is 0.497 e. The van der Waals surface area contributed by atoms with Crippen molar-refractivity contribution in [2.45, 2.75) is 25.8 Å². The molecular weight excluding hydrogens is 408 g/mol. The molecule has 0 radical (unpaired) electrons. The molecule has 3 aromatic rings. The van der Waals surface area contributed by atoms with Crippen LogP contribution < -0.4 is 21.3 Å². The molecule has 1 N–H and O–H groups in total. The first-order valence-corrected chi connectivity index (χ1v) is 10.9. The summed E-state index contributed by atoms with van der Waals surface area (Å²) in [5.41, 5.74) is -0.119. The van der Waals surface area contributed by atoms with Crippen LogP contribution in [0.25, 0.3) is 16.6 Å². The van der Waals surface area contributed by atoms with Crippen molar-refractivity contribution in [1.29, 1.82) is 0 Å². The van der Waals surface area contributed by atoms with Crippen LogP contribution in [0.1, 0.15) is 25.8 Å². The fourth-order valence-corrected chi connectivity index (χ4v) is 4.22. The summed E-state index contributed by atoms with van der Waals surface area (Å²) in [5.74, 6) is 0.366. The first kappa shape index (κ1) is 21.8. The van der Waals surface area contributed by atoms with Gasteiger partial charge in [-0.05, 0) is 69.3 Å². The minimum absolute atomic E-state index is 0.253. The van der Waals surface area contributed by atoms with Gasteiger partial charge >= 0.3 is 5.69 Å². The molecule has 1 fully saturated rings. The summed E-state index contributed by atoms with van der Waals surface area (Å²) in [6.07, 6.45) is 2.39. The molecular formula is C24H28N4O4. The van der Waals surface area contributed by atoms with E-state index < -0.39 is 17.3 Å². The average molecular weight is 437 g/mol. The molecule has 0 aliphatic carbocycles. The number of carbonyl (C=O) groups excluding carboxylic acids is 1. The zero-order valence-electron chi connectivity index (χ0n) is 18.4. The Morgan fingerprint density at radius 2 is 1.75 bits per heavy atom. The zero-order chi connectivity index (χ0) is 22.7. The van der Waals surface area contributed by atoms with E-state index in [4.69, 9.17) is 4.74 Å². The third-order valence-electron chi connectivity index (χ3n) is 6.02. The number of para-hydroxylation sites is 1. The first-order chi connectivity index (χ1) is 15.5. The van der Waals surface area contributed by atoms with Gasteiger partial charge in [0.15, 0.2) is 0 Å². The van der Waals surface area contributed by atoms with Crippen LogP contribution in [0, 0.1) is 0 Å². The Morgan fingerprint density at radius 1 is 1.06 bits per heavy atom. The van der Waals surface area contributed by atoms with Crippen LogP contribution in [0.3, 0.4) is 0 Å². The van der Waals surface area contributed by atoms with E-state index in [1.54, 1.807) is 62.6 Å². The molecule has 1 aliphatic rings. The molecule has 0 bridgehead atoms. The number of hydrogen-bond acceptors (Lipinski definition) is 5. The van der Waals surface area contributed by atoms with E-state index in [0.29, 0.717) is 28.9 Å². The molecule has 8 nitrogen and oxygen atoms in total. The van der Waals surface area contributed by atoms with Crippen molar-refractivity contribution in [1.82, 2.24) is 19.4 Å². The minimum Gasteiger partial charge on any atom is -0.497 e. The predicted octanol–water partition coefficient (Wildman–Crippen LogP) is 1.93. The van der Waals surface area contributed by atoms with Gasteiger partial charge in [-0.1, -0.05) is 12.1 Å². The quantitative estimate of drug-likeness (QED) is 0.612. The lowest BCUT2D eigenvalue weighted by molar-refractivity contribution is -0.123. The summed E-state index contributed by atoms with van der Waals surface area (Å²) in [4.78, 5) is 41.9. The summed E-state index contributed by atoms with van der Waals surface area (Å²) in [6, 6.07) is 12.8. The second kappa shape index (κ2) is 9.40. The average Bonchev–Trinajstić information content (AvgIpc) is 3.33. The van der Waals surface area contributed by atoms with Crippen molar-refractivity contribution in [3.8, 4) is 11.4 Å². The molecule has 168 valence electrons. The highest BCUT2D eigenvalue weighted by Gasteiger charge is 2.23. The van der Waals surface area contributed by atoms with Gasteiger partial charge in [-0.2, -0.15) is 0 Å². The van der Waals surface area contributed by atoms with Gasteiger partial charge in [0.1, 0.15) is 11.8 Å². The van der Waals surface area contributed by atoms with E-state index in [1.165, 1.54) is 17.4 Å². The highest BCUT2D eigenvalue weighted by atomic mass is 16.5. The van der Waals surface area contributed by atoms with E-state index >= 15 is 0 Å². The van der Waals surface area contributed by atoms with Crippen LogP contribution >= 0.6 is 0 Å². The van der Waals surface area contributed by atoms with Crippen LogP contribution in [0.5, 0.6) is 5.75 Å². The molecule has 32 heavy (non-hydrogen) atoms. The molecule has 8 heteroatoms. The number of benzene rings is 2. The number of rotatable bonds is 7. The van der Waals surface area contributed by atoms with Crippen molar-refractivity contribution in [3.63, 3.8) is 0 Å². The molecule has 1 aliphatic heterocycles. The van der Waals surface area contributed by atoms with Gasteiger partial charge in [-0.3, -0.25) is 14.2 Å². The van der Waals surface area contributed by atoms with E-state index in [9.17, 15) is 14.4 Å². The van der Waals surface area contributed by atoms with Gasteiger partial charge in [-0.15, -0.1) is 0 Å². The van der Waals surface area contributed by atoms with E-state index in [-0.39, 0.29) is 5.91 Å². The number of nitrogens with zero attached hydrogens (tertiary/aromatic N) is 3. The van der Waals surface area contributed by atoms with Gasteiger partial charge in [0, 0.05) is 13.1 Å². The number of fused-ring (bicyclic) bond motifs is 1. The summed E-state index contributed by atoms with van der Waals surface area (Å²) < 4.78 is 7.68. The number of carbonyl (C=O) groups is 1. The lowest BCUT2D eigenvalue weighted by Crippen LogP contribution is -2.44. The number of aromatic nitrogens is 2. The number of nitrogens with one attached hydrogen (secondary N) is 1. The summed E-state index contributed by atoms with van der Waals surface area (Å²) in [5, 5.41) is 3.32. The Kier molecular flexibility index (Phi) is 6.41. The van der Waals surface area contributed by atoms with Crippen molar-refractivity contribution in [3.05, 3.63) is 69.4 Å². The standard InChI is InChI=1S/C24H28N4O4/c1-17(22(29)25-13-16-26-14-5-6-15-26)27-21-8-4-3-7-20(21)23(30)28(24(27)31)18-9-11-19(32-2)12-10-18/h3-4,7-12,17H,5-6,13-16H2,1-2H3,(H,25,29). The number of ether oxygens (including phenoxy) is 1. The number of likely N-dealkylation sites (tertiary alicyclic amines) is 1. The maximum Gasteiger partial charge on any atom is 0.336 e. The molecule has 1 atom stereocenters. The molecule has 1 unspecified atom stereocenters. The Bertz CT molecular complexity index is 1220.